The van der Waals surface area contributed by atoms with Gasteiger partial charge in [-0.2, -0.15) is 0 Å². The van der Waals surface area contributed by atoms with E-state index in [0.29, 0.717) is 30.0 Å². The van der Waals surface area contributed by atoms with Crippen molar-refractivity contribution in [1.82, 2.24) is 5.32 Å². The molecule has 3 aromatic rings. The summed E-state index contributed by atoms with van der Waals surface area (Å²) in [5.74, 6) is -0.134. The van der Waals surface area contributed by atoms with Gasteiger partial charge in [-0.05, 0) is 43.0 Å². The van der Waals surface area contributed by atoms with E-state index in [1.807, 2.05) is 43.3 Å². The second kappa shape index (κ2) is 9.16. The zero-order valence-electron chi connectivity index (χ0n) is 17.7. The van der Waals surface area contributed by atoms with Gasteiger partial charge in [-0.15, -0.1) is 0 Å². The third-order valence-corrected chi connectivity index (χ3v) is 5.87. The zero-order valence-corrected chi connectivity index (χ0v) is 17.7. The molecular formula is C25H27N3O3. The van der Waals surface area contributed by atoms with Gasteiger partial charge < -0.3 is 16.0 Å². The van der Waals surface area contributed by atoms with E-state index in [2.05, 4.69) is 16.0 Å². The molecule has 1 amide bonds. The molecule has 0 radical (unpaired) electrons. The van der Waals surface area contributed by atoms with Crippen molar-refractivity contribution in [3.05, 3.63) is 91.2 Å². The molecule has 3 N–H and O–H groups in total. The quantitative estimate of drug-likeness (QED) is 0.489. The fourth-order valence-corrected chi connectivity index (χ4v) is 3.93. The van der Waals surface area contributed by atoms with Crippen LogP contribution in [0.4, 0.5) is 11.4 Å². The van der Waals surface area contributed by atoms with E-state index in [9.17, 15) is 14.4 Å². The van der Waals surface area contributed by atoms with Crippen LogP contribution in [0.1, 0.15) is 52.7 Å². The lowest BCUT2D eigenvalue weighted by molar-refractivity contribution is 0.0951. The van der Waals surface area contributed by atoms with Crippen molar-refractivity contribution < 1.29 is 4.79 Å². The summed E-state index contributed by atoms with van der Waals surface area (Å²) >= 11 is 0. The summed E-state index contributed by atoms with van der Waals surface area (Å²) < 4.78 is 0. The first kappa shape index (κ1) is 20.8. The monoisotopic (exact) mass is 417 g/mol. The van der Waals surface area contributed by atoms with Gasteiger partial charge in [0.25, 0.3) is 16.8 Å². The number of carbonyl (C=O) groups is 1. The number of hydrogen-bond donors (Lipinski definition) is 3. The molecule has 160 valence electrons. The highest BCUT2D eigenvalue weighted by Gasteiger charge is 2.24. The minimum absolute atomic E-state index is 0.134. The Kier molecular flexibility index (Phi) is 6.16. The van der Waals surface area contributed by atoms with E-state index in [4.69, 9.17) is 0 Å². The summed E-state index contributed by atoms with van der Waals surface area (Å²) in [6.45, 7) is 2.92. The largest absolute Gasteiger partial charge is 0.377 e. The molecule has 3 aromatic carbocycles. The number of aryl methyl sites for hydroxylation is 1. The standard InChI is InChI=1S/C25H27N3O3/c1-16-6-8-17(9-7-16)15-27-25(31)19-12-10-18(11-13-19)14-26-21-22(24(30)23(21)29)28-20-4-2-3-5-20/h6-13,20,26,28H,2-5,14-15H2,1H3,(H,27,31). The SMILES string of the molecule is Cc1ccc(CNC(=O)c2ccc(CNc3c(NC4CCCC4)c(=O)c3=O)cc2)cc1. The van der Waals surface area contributed by atoms with Crippen LogP contribution < -0.4 is 26.8 Å². The molecule has 4 rings (SSSR count). The predicted molar refractivity (Wildman–Crippen MR) is 123 cm³/mol. The first-order valence-electron chi connectivity index (χ1n) is 10.8. The number of anilines is 2. The van der Waals surface area contributed by atoms with Crippen LogP contribution in [-0.4, -0.2) is 11.9 Å². The van der Waals surface area contributed by atoms with Crippen LogP contribution in [-0.2, 0) is 13.1 Å². The molecule has 0 unspecified atom stereocenters. The van der Waals surface area contributed by atoms with Crippen molar-refractivity contribution in [2.45, 2.75) is 51.7 Å². The summed E-state index contributed by atoms with van der Waals surface area (Å²) in [7, 11) is 0. The van der Waals surface area contributed by atoms with Gasteiger partial charge in [0.05, 0.1) is 0 Å². The van der Waals surface area contributed by atoms with Crippen molar-refractivity contribution in [2.24, 2.45) is 0 Å². The Labute approximate surface area is 181 Å². The Morgan fingerprint density at radius 3 is 2.10 bits per heavy atom. The van der Waals surface area contributed by atoms with Crippen LogP contribution in [0.15, 0.2) is 58.1 Å². The molecule has 6 heteroatoms. The highest BCUT2D eigenvalue weighted by atomic mass is 16.2. The molecule has 1 aliphatic carbocycles. The smallest absolute Gasteiger partial charge is 0.253 e. The highest BCUT2D eigenvalue weighted by molar-refractivity contribution is 5.94. The second-order valence-electron chi connectivity index (χ2n) is 8.25. The van der Waals surface area contributed by atoms with Gasteiger partial charge >= 0.3 is 0 Å². The molecule has 0 heterocycles. The Bertz CT molecular complexity index is 1120. The van der Waals surface area contributed by atoms with Crippen LogP contribution in [0, 0.1) is 6.92 Å². The minimum Gasteiger partial charge on any atom is -0.377 e. The zero-order chi connectivity index (χ0) is 21.8. The van der Waals surface area contributed by atoms with Gasteiger partial charge in [-0.1, -0.05) is 54.8 Å². The molecule has 1 saturated carbocycles. The van der Waals surface area contributed by atoms with Crippen molar-refractivity contribution in [2.75, 3.05) is 10.6 Å². The summed E-state index contributed by atoms with van der Waals surface area (Å²) in [6.07, 6.45) is 4.37. The highest BCUT2D eigenvalue weighted by Crippen LogP contribution is 2.24. The van der Waals surface area contributed by atoms with Crippen molar-refractivity contribution in [1.29, 1.82) is 0 Å². The lowest BCUT2D eigenvalue weighted by Gasteiger charge is -2.18. The van der Waals surface area contributed by atoms with Crippen molar-refractivity contribution in [3.8, 4) is 0 Å². The molecule has 31 heavy (non-hydrogen) atoms. The van der Waals surface area contributed by atoms with Crippen molar-refractivity contribution in [3.63, 3.8) is 0 Å². The minimum atomic E-state index is -0.465. The average molecular weight is 418 g/mol. The Morgan fingerprint density at radius 1 is 0.839 bits per heavy atom. The number of hydrogen-bond acceptors (Lipinski definition) is 5. The molecule has 6 nitrogen and oxygen atoms in total. The lowest BCUT2D eigenvalue weighted by Crippen LogP contribution is -2.39. The van der Waals surface area contributed by atoms with Crippen LogP contribution >= 0.6 is 0 Å². The number of benzene rings is 2. The number of nitrogens with one attached hydrogen (secondary N) is 3. The maximum Gasteiger partial charge on any atom is 0.253 e. The Hall–Kier alpha value is -3.41. The molecule has 0 spiro atoms. The van der Waals surface area contributed by atoms with Crippen LogP contribution in [0.25, 0.3) is 0 Å². The first-order chi connectivity index (χ1) is 15.0. The van der Waals surface area contributed by atoms with Crippen molar-refractivity contribution >= 4 is 17.3 Å². The third-order valence-electron chi connectivity index (χ3n) is 5.87. The lowest BCUT2D eigenvalue weighted by atomic mass is 10.1. The van der Waals surface area contributed by atoms with E-state index in [-0.39, 0.29) is 11.9 Å². The average Bonchev–Trinajstić information content (AvgIpc) is 3.31. The predicted octanol–water partition coefficient (Wildman–Crippen LogP) is 3.49. The number of carbonyl (C=O) groups excluding carboxylic acids is 1. The van der Waals surface area contributed by atoms with Gasteiger partial charge in [0, 0.05) is 24.7 Å². The fraction of sp³-hybridized carbons (Fsp3) is 0.320. The van der Waals surface area contributed by atoms with E-state index in [1.165, 1.54) is 5.56 Å². The van der Waals surface area contributed by atoms with Crippen LogP contribution in [0.3, 0.4) is 0 Å². The van der Waals surface area contributed by atoms with Crippen LogP contribution in [0.2, 0.25) is 0 Å². The van der Waals surface area contributed by atoms with E-state index < -0.39 is 10.9 Å². The number of rotatable bonds is 8. The Balaban J connectivity index is 1.31. The maximum absolute atomic E-state index is 12.4. The van der Waals surface area contributed by atoms with Gasteiger partial charge in [0.1, 0.15) is 11.4 Å². The second-order valence-corrected chi connectivity index (χ2v) is 8.25. The fourth-order valence-electron chi connectivity index (χ4n) is 3.93. The van der Waals surface area contributed by atoms with Gasteiger partial charge in [0.2, 0.25) is 0 Å². The summed E-state index contributed by atoms with van der Waals surface area (Å²) in [4.78, 5) is 36.3. The molecule has 1 aliphatic rings. The molecule has 0 bridgehead atoms. The van der Waals surface area contributed by atoms with E-state index >= 15 is 0 Å². The molecular weight excluding hydrogens is 390 g/mol. The maximum atomic E-state index is 12.4. The summed E-state index contributed by atoms with van der Waals surface area (Å²) in [5, 5.41) is 9.24. The third kappa shape index (κ3) is 4.85. The topological polar surface area (TPSA) is 87.3 Å². The summed E-state index contributed by atoms with van der Waals surface area (Å²) in [5.41, 5.74) is 3.63. The van der Waals surface area contributed by atoms with Gasteiger partial charge in [-0.3, -0.25) is 14.4 Å². The first-order valence-corrected chi connectivity index (χ1v) is 10.8. The van der Waals surface area contributed by atoms with Gasteiger partial charge in [0.15, 0.2) is 0 Å². The summed E-state index contributed by atoms with van der Waals surface area (Å²) in [6, 6.07) is 15.6. The van der Waals surface area contributed by atoms with E-state index in [1.54, 1.807) is 12.1 Å². The molecule has 0 saturated heterocycles. The molecule has 0 atom stereocenters. The van der Waals surface area contributed by atoms with Gasteiger partial charge in [-0.25, -0.2) is 0 Å². The molecule has 1 fully saturated rings. The molecule has 0 aromatic heterocycles. The normalized spacial score (nSPS) is 14.0. The Morgan fingerprint density at radius 2 is 1.42 bits per heavy atom. The molecule has 0 aliphatic heterocycles. The number of amides is 1. The van der Waals surface area contributed by atoms with Crippen LogP contribution in [0.5, 0.6) is 0 Å². The van der Waals surface area contributed by atoms with E-state index in [0.717, 1.165) is 36.8 Å².